The third-order valence-electron chi connectivity index (χ3n) is 4.54. The van der Waals surface area contributed by atoms with Crippen molar-refractivity contribution in [2.45, 2.75) is 6.04 Å². The van der Waals surface area contributed by atoms with Gasteiger partial charge in [0.15, 0.2) is 11.6 Å². The number of hydrogen-bond acceptors (Lipinski definition) is 4. The van der Waals surface area contributed by atoms with Crippen LogP contribution in [0.3, 0.4) is 0 Å². The minimum atomic E-state index is 0.180. The van der Waals surface area contributed by atoms with Crippen LogP contribution >= 0.6 is 24.0 Å². The molecule has 2 aliphatic heterocycles. The molecular weight excluding hydrogens is 336 g/mol. The highest BCUT2D eigenvalue weighted by molar-refractivity contribution is 7.99. The molecule has 1 aromatic heterocycles. The Bertz CT molecular complexity index is 935. The van der Waals surface area contributed by atoms with Gasteiger partial charge in [0.05, 0.1) is 11.6 Å². The zero-order valence-corrected chi connectivity index (χ0v) is 14.4. The van der Waals surface area contributed by atoms with Crippen LogP contribution in [0.5, 0.6) is 0 Å². The lowest BCUT2D eigenvalue weighted by molar-refractivity contribution is 0.405. The molecule has 0 spiro atoms. The second-order valence-electron chi connectivity index (χ2n) is 5.89. The predicted octanol–water partition coefficient (Wildman–Crippen LogP) is 3.67. The number of fused-ring (bicyclic) bond motifs is 5. The fourth-order valence-corrected chi connectivity index (χ4v) is 4.99. The van der Waals surface area contributed by atoms with Crippen LogP contribution < -0.4 is 0 Å². The maximum atomic E-state index is 5.81. The molecule has 3 heterocycles. The van der Waals surface area contributed by atoms with E-state index in [0.717, 1.165) is 45.1 Å². The number of thioether (sulfide) groups is 1. The third kappa shape index (κ3) is 1.96. The van der Waals surface area contributed by atoms with Gasteiger partial charge in [-0.25, -0.2) is 0 Å². The highest BCUT2D eigenvalue weighted by atomic mass is 32.2. The molecular formula is C18H14N4S2. The Hall–Kier alpha value is -2.18. The molecule has 0 aliphatic carbocycles. The van der Waals surface area contributed by atoms with E-state index < -0.39 is 0 Å². The van der Waals surface area contributed by atoms with Crippen LogP contribution in [0.1, 0.15) is 17.4 Å². The monoisotopic (exact) mass is 350 g/mol. The lowest BCUT2D eigenvalue weighted by Crippen LogP contribution is -2.29. The average Bonchev–Trinajstić information content (AvgIpc) is 3.26. The SMILES string of the molecule is S=C1c2ccccc2-n2c(-c3ccccc3)nnc2C2CSCN12. The first kappa shape index (κ1) is 14.2. The lowest BCUT2D eigenvalue weighted by atomic mass is 10.1. The minimum absolute atomic E-state index is 0.180. The molecule has 3 aromatic rings. The van der Waals surface area contributed by atoms with E-state index in [4.69, 9.17) is 12.2 Å². The van der Waals surface area contributed by atoms with Crippen molar-refractivity contribution in [3.8, 4) is 17.1 Å². The molecule has 0 saturated carbocycles. The molecule has 118 valence electrons. The first-order valence-electron chi connectivity index (χ1n) is 7.83. The van der Waals surface area contributed by atoms with Crippen LogP contribution in [0.15, 0.2) is 54.6 Å². The fourth-order valence-electron chi connectivity index (χ4n) is 3.38. The Morgan fingerprint density at radius 1 is 1.00 bits per heavy atom. The number of nitrogens with zero attached hydrogens (tertiary/aromatic N) is 4. The molecule has 6 heteroatoms. The number of rotatable bonds is 1. The Morgan fingerprint density at radius 3 is 2.67 bits per heavy atom. The van der Waals surface area contributed by atoms with Crippen LogP contribution in [-0.4, -0.2) is 36.3 Å². The van der Waals surface area contributed by atoms with Crippen LogP contribution in [0.2, 0.25) is 0 Å². The van der Waals surface area contributed by atoms with Crippen molar-refractivity contribution in [3.05, 3.63) is 66.0 Å². The molecule has 4 nitrogen and oxygen atoms in total. The molecule has 1 atom stereocenters. The largest absolute Gasteiger partial charge is 0.342 e. The van der Waals surface area contributed by atoms with Crippen molar-refractivity contribution in [1.82, 2.24) is 19.7 Å². The molecule has 2 aliphatic rings. The van der Waals surface area contributed by atoms with E-state index in [9.17, 15) is 0 Å². The molecule has 1 unspecified atom stereocenters. The molecule has 1 fully saturated rings. The van der Waals surface area contributed by atoms with Gasteiger partial charge in [-0.05, 0) is 12.1 Å². The highest BCUT2D eigenvalue weighted by Crippen LogP contribution is 2.40. The quantitative estimate of drug-likeness (QED) is 0.626. The van der Waals surface area contributed by atoms with Gasteiger partial charge in [-0.3, -0.25) is 4.57 Å². The van der Waals surface area contributed by atoms with E-state index >= 15 is 0 Å². The zero-order chi connectivity index (χ0) is 16.1. The summed E-state index contributed by atoms with van der Waals surface area (Å²) in [6.07, 6.45) is 0. The van der Waals surface area contributed by atoms with Crippen LogP contribution in [0, 0.1) is 0 Å². The summed E-state index contributed by atoms with van der Waals surface area (Å²) in [6.45, 7) is 0. The van der Waals surface area contributed by atoms with Crippen molar-refractivity contribution in [2.24, 2.45) is 0 Å². The smallest absolute Gasteiger partial charge is 0.168 e. The number of thiocarbonyl (C=S) groups is 1. The molecule has 0 bridgehead atoms. The summed E-state index contributed by atoms with van der Waals surface area (Å²) in [5, 5.41) is 9.10. The molecule has 24 heavy (non-hydrogen) atoms. The van der Waals surface area contributed by atoms with Gasteiger partial charge in [0.1, 0.15) is 11.0 Å². The van der Waals surface area contributed by atoms with Gasteiger partial charge >= 0.3 is 0 Å². The molecule has 1 saturated heterocycles. The zero-order valence-electron chi connectivity index (χ0n) is 12.8. The summed E-state index contributed by atoms with van der Waals surface area (Å²) in [5.74, 6) is 3.75. The van der Waals surface area contributed by atoms with Crippen LogP contribution in [0.25, 0.3) is 17.1 Å². The second-order valence-corrected chi connectivity index (χ2v) is 7.28. The first-order chi connectivity index (χ1) is 11.8. The summed E-state index contributed by atoms with van der Waals surface area (Å²) in [6, 6.07) is 18.7. The van der Waals surface area contributed by atoms with E-state index in [1.165, 1.54) is 0 Å². The third-order valence-corrected chi connectivity index (χ3v) is 6.00. The standard InChI is InChI=1S/C18H14N4S2/c23-18-13-8-4-5-9-14(13)22-16(12-6-2-1-3-7-12)19-20-17(22)15-10-24-11-21(15)18/h1-9,15H,10-11H2. The summed E-state index contributed by atoms with van der Waals surface area (Å²) in [4.78, 5) is 3.19. The average molecular weight is 350 g/mol. The van der Waals surface area contributed by atoms with Crippen molar-refractivity contribution < 1.29 is 0 Å². The first-order valence-corrected chi connectivity index (χ1v) is 9.40. The molecule has 0 N–H and O–H groups in total. The van der Waals surface area contributed by atoms with Gasteiger partial charge in [-0.1, -0.05) is 54.7 Å². The normalized spacial score (nSPS) is 18.8. The Labute approximate surface area is 149 Å². The van der Waals surface area contributed by atoms with Crippen molar-refractivity contribution in [2.75, 3.05) is 11.6 Å². The van der Waals surface area contributed by atoms with Crippen molar-refractivity contribution in [1.29, 1.82) is 0 Å². The van der Waals surface area contributed by atoms with Gasteiger partial charge in [-0.15, -0.1) is 22.0 Å². The van der Waals surface area contributed by atoms with Gasteiger partial charge in [0.25, 0.3) is 0 Å². The molecule has 0 radical (unpaired) electrons. The Kier molecular flexibility index (Phi) is 3.21. The number of hydrogen-bond donors (Lipinski definition) is 0. The predicted molar refractivity (Wildman–Crippen MR) is 100 cm³/mol. The Morgan fingerprint density at radius 2 is 1.79 bits per heavy atom. The summed E-state index contributed by atoms with van der Waals surface area (Å²) < 4.78 is 2.19. The number of para-hydroxylation sites is 1. The highest BCUT2D eigenvalue weighted by Gasteiger charge is 2.37. The van der Waals surface area contributed by atoms with Gasteiger partial charge in [0.2, 0.25) is 0 Å². The van der Waals surface area contributed by atoms with Crippen molar-refractivity contribution >= 4 is 29.0 Å². The molecule has 5 rings (SSSR count). The van der Waals surface area contributed by atoms with Gasteiger partial charge in [-0.2, -0.15) is 0 Å². The molecule has 0 amide bonds. The maximum Gasteiger partial charge on any atom is 0.168 e. The van der Waals surface area contributed by atoms with E-state index in [1.54, 1.807) is 0 Å². The summed E-state index contributed by atoms with van der Waals surface area (Å²) in [7, 11) is 0. The van der Waals surface area contributed by atoms with Crippen molar-refractivity contribution in [3.63, 3.8) is 0 Å². The van der Waals surface area contributed by atoms with Gasteiger partial charge in [0, 0.05) is 16.9 Å². The van der Waals surface area contributed by atoms with Gasteiger partial charge < -0.3 is 4.90 Å². The topological polar surface area (TPSA) is 34.0 Å². The number of aromatic nitrogens is 3. The van der Waals surface area contributed by atoms with Crippen LogP contribution in [0.4, 0.5) is 0 Å². The van der Waals surface area contributed by atoms with E-state index in [1.807, 2.05) is 42.1 Å². The second kappa shape index (κ2) is 5.43. The summed E-state index contributed by atoms with van der Waals surface area (Å²) in [5.41, 5.74) is 3.22. The maximum absolute atomic E-state index is 5.81. The molecule has 2 aromatic carbocycles. The number of benzene rings is 2. The van der Waals surface area contributed by atoms with E-state index in [-0.39, 0.29) is 6.04 Å². The van der Waals surface area contributed by atoms with E-state index in [0.29, 0.717) is 0 Å². The van der Waals surface area contributed by atoms with E-state index in [2.05, 4.69) is 43.9 Å². The lowest BCUT2D eigenvalue weighted by Gasteiger charge is -2.22. The Balaban J connectivity index is 1.83. The summed E-state index contributed by atoms with van der Waals surface area (Å²) >= 11 is 7.70. The fraction of sp³-hybridized carbons (Fsp3) is 0.167. The van der Waals surface area contributed by atoms with Crippen LogP contribution in [-0.2, 0) is 0 Å². The minimum Gasteiger partial charge on any atom is -0.342 e.